The number of furan rings is 1. The van der Waals surface area contributed by atoms with Crippen molar-refractivity contribution in [2.75, 3.05) is 0 Å². The number of nitrogens with zero attached hydrogens (tertiary/aromatic N) is 3. The van der Waals surface area contributed by atoms with Gasteiger partial charge in [-0.1, -0.05) is 29.8 Å². The van der Waals surface area contributed by atoms with Gasteiger partial charge in [-0.3, -0.25) is 4.79 Å². The molecule has 0 N–H and O–H groups in total. The summed E-state index contributed by atoms with van der Waals surface area (Å²) in [7, 11) is 0. The number of thiazole rings is 1. The summed E-state index contributed by atoms with van der Waals surface area (Å²) in [5, 5.41) is 5.39. The summed E-state index contributed by atoms with van der Waals surface area (Å²) in [6, 6.07) is 11.7. The van der Waals surface area contributed by atoms with E-state index in [1.54, 1.807) is 6.26 Å². The van der Waals surface area contributed by atoms with Gasteiger partial charge in [-0.2, -0.15) is 5.10 Å². The van der Waals surface area contributed by atoms with Gasteiger partial charge in [-0.15, -0.1) is 11.3 Å². The standard InChI is InChI=1S/C18H15N3O2S/c1-11-5-7-13(8-6-11)10-21-18(22)16-17(24-12(2)19-16)15(20-21)14-4-3-9-23-14/h3-9H,10H2,1-2H3. The Hall–Kier alpha value is -2.73. The quantitative estimate of drug-likeness (QED) is 0.571. The third kappa shape index (κ3) is 2.55. The van der Waals surface area contributed by atoms with Gasteiger partial charge in [0.1, 0.15) is 5.69 Å². The highest BCUT2D eigenvalue weighted by Crippen LogP contribution is 2.29. The molecule has 0 radical (unpaired) electrons. The molecule has 3 aromatic heterocycles. The van der Waals surface area contributed by atoms with E-state index in [9.17, 15) is 4.79 Å². The SMILES string of the molecule is Cc1ccc(Cn2nc(-c3ccco3)c3sc(C)nc3c2=O)cc1. The van der Waals surface area contributed by atoms with Crippen LogP contribution in [0.5, 0.6) is 0 Å². The molecule has 0 amide bonds. The lowest BCUT2D eigenvalue weighted by atomic mass is 10.1. The van der Waals surface area contributed by atoms with E-state index in [1.807, 2.05) is 50.2 Å². The van der Waals surface area contributed by atoms with Crippen LogP contribution in [0.25, 0.3) is 21.7 Å². The highest BCUT2D eigenvalue weighted by molar-refractivity contribution is 7.19. The normalized spacial score (nSPS) is 11.2. The molecular formula is C18H15N3O2S. The molecule has 1 aromatic carbocycles. The van der Waals surface area contributed by atoms with Crippen molar-refractivity contribution in [2.24, 2.45) is 0 Å². The first-order valence-electron chi connectivity index (χ1n) is 7.59. The van der Waals surface area contributed by atoms with Gasteiger partial charge in [0.15, 0.2) is 11.3 Å². The Morgan fingerprint density at radius 2 is 1.96 bits per heavy atom. The van der Waals surface area contributed by atoms with Crippen LogP contribution in [0.3, 0.4) is 0 Å². The van der Waals surface area contributed by atoms with E-state index in [0.29, 0.717) is 23.5 Å². The molecule has 0 saturated carbocycles. The highest BCUT2D eigenvalue weighted by atomic mass is 32.1. The summed E-state index contributed by atoms with van der Waals surface area (Å²) < 4.78 is 7.73. The number of hydrogen-bond acceptors (Lipinski definition) is 5. The van der Waals surface area contributed by atoms with Crippen LogP contribution in [0.15, 0.2) is 51.9 Å². The van der Waals surface area contributed by atoms with Gasteiger partial charge in [-0.25, -0.2) is 9.67 Å². The summed E-state index contributed by atoms with van der Waals surface area (Å²) in [5.41, 5.74) is 3.14. The second-order valence-corrected chi connectivity index (χ2v) is 6.89. The number of benzene rings is 1. The van der Waals surface area contributed by atoms with Crippen LogP contribution in [0.2, 0.25) is 0 Å². The lowest BCUT2D eigenvalue weighted by Crippen LogP contribution is -2.24. The molecule has 6 heteroatoms. The highest BCUT2D eigenvalue weighted by Gasteiger charge is 2.18. The fraction of sp³-hybridized carbons (Fsp3) is 0.167. The molecule has 24 heavy (non-hydrogen) atoms. The second kappa shape index (κ2) is 5.72. The first-order valence-corrected chi connectivity index (χ1v) is 8.41. The summed E-state index contributed by atoms with van der Waals surface area (Å²) in [6.07, 6.45) is 1.60. The minimum atomic E-state index is -0.176. The lowest BCUT2D eigenvalue weighted by molar-refractivity contribution is 0.571. The zero-order valence-corrected chi connectivity index (χ0v) is 14.1. The van der Waals surface area contributed by atoms with E-state index < -0.39 is 0 Å². The van der Waals surface area contributed by atoms with E-state index in [1.165, 1.54) is 21.6 Å². The molecular weight excluding hydrogens is 322 g/mol. The van der Waals surface area contributed by atoms with Crippen LogP contribution in [-0.2, 0) is 6.54 Å². The summed E-state index contributed by atoms with van der Waals surface area (Å²) in [6.45, 7) is 4.33. The first-order chi connectivity index (χ1) is 11.6. The molecule has 5 nitrogen and oxygen atoms in total. The van der Waals surface area contributed by atoms with E-state index in [-0.39, 0.29) is 5.56 Å². The number of aromatic nitrogens is 3. The van der Waals surface area contributed by atoms with Gasteiger partial charge >= 0.3 is 0 Å². The first kappa shape index (κ1) is 14.8. The van der Waals surface area contributed by atoms with E-state index in [0.717, 1.165) is 15.3 Å². The van der Waals surface area contributed by atoms with Gasteiger partial charge in [0, 0.05) is 0 Å². The van der Waals surface area contributed by atoms with Crippen LogP contribution >= 0.6 is 11.3 Å². The van der Waals surface area contributed by atoms with Crippen LogP contribution in [0.4, 0.5) is 0 Å². The molecule has 0 atom stereocenters. The van der Waals surface area contributed by atoms with Gasteiger partial charge in [-0.05, 0) is 31.5 Å². The van der Waals surface area contributed by atoms with E-state index >= 15 is 0 Å². The van der Waals surface area contributed by atoms with Crippen molar-refractivity contribution in [3.05, 3.63) is 69.1 Å². The minimum Gasteiger partial charge on any atom is -0.463 e. The molecule has 4 rings (SSSR count). The van der Waals surface area contributed by atoms with Gasteiger partial charge in [0.05, 0.1) is 22.5 Å². The Balaban J connectivity index is 1.91. The van der Waals surface area contributed by atoms with Crippen molar-refractivity contribution in [3.8, 4) is 11.5 Å². The van der Waals surface area contributed by atoms with Crippen molar-refractivity contribution >= 4 is 21.6 Å². The van der Waals surface area contributed by atoms with Gasteiger partial charge < -0.3 is 4.42 Å². The van der Waals surface area contributed by atoms with Gasteiger partial charge in [0.25, 0.3) is 5.56 Å². The van der Waals surface area contributed by atoms with Crippen LogP contribution in [0.1, 0.15) is 16.1 Å². The Labute approximate surface area is 142 Å². The molecule has 0 saturated heterocycles. The Morgan fingerprint density at radius 1 is 1.17 bits per heavy atom. The molecule has 0 aliphatic carbocycles. The minimum absolute atomic E-state index is 0.176. The fourth-order valence-corrected chi connectivity index (χ4v) is 3.51. The molecule has 120 valence electrons. The monoisotopic (exact) mass is 337 g/mol. The Kier molecular flexibility index (Phi) is 3.54. The predicted octanol–water partition coefficient (Wildman–Crippen LogP) is 3.78. The fourth-order valence-electron chi connectivity index (χ4n) is 2.61. The topological polar surface area (TPSA) is 60.9 Å². The molecule has 0 unspecified atom stereocenters. The summed E-state index contributed by atoms with van der Waals surface area (Å²) >= 11 is 1.46. The molecule has 0 aliphatic heterocycles. The van der Waals surface area contributed by atoms with Crippen molar-refractivity contribution < 1.29 is 4.42 Å². The zero-order chi connectivity index (χ0) is 16.7. The third-order valence-corrected chi connectivity index (χ3v) is 4.79. The maximum absolute atomic E-state index is 12.7. The molecule has 3 heterocycles. The van der Waals surface area contributed by atoms with Crippen LogP contribution in [0, 0.1) is 13.8 Å². The maximum Gasteiger partial charge on any atom is 0.294 e. The number of aryl methyl sites for hydroxylation is 2. The van der Waals surface area contributed by atoms with Crippen molar-refractivity contribution in [3.63, 3.8) is 0 Å². The van der Waals surface area contributed by atoms with Gasteiger partial charge in [0.2, 0.25) is 0 Å². The van der Waals surface area contributed by atoms with Crippen molar-refractivity contribution in [1.82, 2.24) is 14.8 Å². The zero-order valence-electron chi connectivity index (χ0n) is 13.3. The lowest BCUT2D eigenvalue weighted by Gasteiger charge is -2.07. The number of fused-ring (bicyclic) bond motifs is 1. The largest absolute Gasteiger partial charge is 0.463 e. The Morgan fingerprint density at radius 3 is 2.67 bits per heavy atom. The number of rotatable bonds is 3. The van der Waals surface area contributed by atoms with Crippen LogP contribution < -0.4 is 5.56 Å². The van der Waals surface area contributed by atoms with Crippen molar-refractivity contribution in [1.29, 1.82) is 0 Å². The summed E-state index contributed by atoms with van der Waals surface area (Å²) in [5.74, 6) is 0.640. The maximum atomic E-state index is 12.7. The third-order valence-electron chi connectivity index (χ3n) is 3.81. The molecule has 0 bridgehead atoms. The van der Waals surface area contributed by atoms with E-state index in [4.69, 9.17) is 4.42 Å². The average Bonchev–Trinajstić information content (AvgIpc) is 3.22. The molecule has 0 aliphatic rings. The number of hydrogen-bond donors (Lipinski definition) is 0. The molecule has 0 fully saturated rings. The van der Waals surface area contributed by atoms with Crippen molar-refractivity contribution in [2.45, 2.75) is 20.4 Å². The Bertz CT molecular complexity index is 1060. The molecule has 0 spiro atoms. The summed E-state index contributed by atoms with van der Waals surface area (Å²) in [4.78, 5) is 17.2. The smallest absolute Gasteiger partial charge is 0.294 e. The molecule has 4 aromatic rings. The second-order valence-electron chi connectivity index (χ2n) is 5.68. The predicted molar refractivity (Wildman–Crippen MR) is 94.4 cm³/mol. The van der Waals surface area contributed by atoms with E-state index in [2.05, 4.69) is 10.1 Å². The average molecular weight is 337 g/mol. The van der Waals surface area contributed by atoms with Crippen LogP contribution in [-0.4, -0.2) is 14.8 Å².